The van der Waals surface area contributed by atoms with Crippen molar-refractivity contribution in [1.29, 1.82) is 0 Å². The maximum atomic E-state index is 13.0. The summed E-state index contributed by atoms with van der Waals surface area (Å²) in [6.07, 6.45) is -3.11. The van der Waals surface area contributed by atoms with Crippen LogP contribution in [0.25, 0.3) is 0 Å². The summed E-state index contributed by atoms with van der Waals surface area (Å²) in [4.78, 5) is 18.1. The average Bonchev–Trinajstić information content (AvgIpc) is 2.69. The number of methoxy groups -OCH3 is 1. The molecule has 1 aliphatic rings. The molecule has 10 heteroatoms. The fourth-order valence-electron chi connectivity index (χ4n) is 3.05. The lowest BCUT2D eigenvalue weighted by molar-refractivity contribution is -0.146. The van der Waals surface area contributed by atoms with Crippen molar-refractivity contribution in [2.75, 3.05) is 39.9 Å². The van der Waals surface area contributed by atoms with E-state index in [1.54, 1.807) is 0 Å². The minimum absolute atomic E-state index is 0. The highest BCUT2D eigenvalue weighted by Crippen LogP contribution is 2.35. The molecule has 0 aliphatic carbocycles. The van der Waals surface area contributed by atoms with Crippen LogP contribution >= 0.6 is 24.0 Å². The number of halogens is 4. The summed E-state index contributed by atoms with van der Waals surface area (Å²) in [5.74, 6) is 0.164. The number of hydrogen-bond acceptors (Lipinski definition) is 4. The van der Waals surface area contributed by atoms with E-state index in [0.29, 0.717) is 38.4 Å². The zero-order valence-electron chi connectivity index (χ0n) is 16.5. The topological polar surface area (TPSA) is 63.2 Å². The predicted octanol–water partition coefficient (Wildman–Crippen LogP) is 3.55. The number of aliphatic imine (C=N–C) groups is 1. The second-order valence-corrected chi connectivity index (χ2v) is 6.36. The van der Waals surface area contributed by atoms with E-state index in [9.17, 15) is 18.0 Å². The zero-order chi connectivity index (χ0) is 20.6. The standard InChI is InChI=1S/C19H26F3N3O3.HI/c1-3-23-18(25-11-8-14(9-12-25)17(26)27-2)24-10-13-28-16-7-5-4-6-15(16)19(20,21)22;/h4-7,14H,3,8-13H2,1-2H3,(H,23,24);1H. The molecule has 0 atom stereocenters. The van der Waals surface area contributed by atoms with Crippen LogP contribution in [0.3, 0.4) is 0 Å². The van der Waals surface area contributed by atoms with Crippen LogP contribution in [0.5, 0.6) is 5.75 Å². The molecule has 1 saturated heterocycles. The van der Waals surface area contributed by atoms with E-state index in [4.69, 9.17) is 9.47 Å². The van der Waals surface area contributed by atoms with E-state index in [0.717, 1.165) is 6.07 Å². The predicted molar refractivity (Wildman–Crippen MR) is 115 cm³/mol. The number of hydrogen-bond donors (Lipinski definition) is 1. The Bertz CT molecular complexity index is 678. The van der Waals surface area contributed by atoms with E-state index in [-0.39, 0.29) is 54.8 Å². The average molecular weight is 529 g/mol. The number of ether oxygens (including phenoxy) is 2. The number of likely N-dealkylation sites (tertiary alicyclic amines) is 1. The first-order chi connectivity index (χ1) is 13.4. The number of para-hydroxylation sites is 1. The Balaban J connectivity index is 0.00000420. The van der Waals surface area contributed by atoms with Gasteiger partial charge in [-0.05, 0) is 31.9 Å². The Morgan fingerprint density at radius 1 is 1.28 bits per heavy atom. The first-order valence-electron chi connectivity index (χ1n) is 9.27. The van der Waals surface area contributed by atoms with E-state index >= 15 is 0 Å². The van der Waals surface area contributed by atoms with Gasteiger partial charge in [0.05, 0.1) is 25.1 Å². The fraction of sp³-hybridized carbons (Fsp3) is 0.579. The third kappa shape index (κ3) is 7.56. The Morgan fingerprint density at radius 3 is 2.52 bits per heavy atom. The number of carbonyl (C=O) groups excluding carboxylic acids is 1. The van der Waals surface area contributed by atoms with Crippen molar-refractivity contribution < 1.29 is 27.4 Å². The van der Waals surface area contributed by atoms with Crippen molar-refractivity contribution in [2.45, 2.75) is 25.9 Å². The Morgan fingerprint density at radius 2 is 1.93 bits per heavy atom. The summed E-state index contributed by atoms with van der Waals surface area (Å²) in [6, 6.07) is 5.13. The summed E-state index contributed by atoms with van der Waals surface area (Å²) in [6.45, 7) is 4.15. The number of nitrogens with zero attached hydrogens (tertiary/aromatic N) is 2. The van der Waals surface area contributed by atoms with Gasteiger partial charge in [0.2, 0.25) is 0 Å². The molecule has 2 rings (SSSR count). The van der Waals surface area contributed by atoms with Crippen LogP contribution in [0.4, 0.5) is 13.2 Å². The fourth-order valence-corrected chi connectivity index (χ4v) is 3.05. The largest absolute Gasteiger partial charge is 0.491 e. The molecule has 1 aromatic carbocycles. The lowest BCUT2D eigenvalue weighted by Crippen LogP contribution is -2.46. The zero-order valence-corrected chi connectivity index (χ0v) is 18.8. The molecule has 0 amide bonds. The van der Waals surface area contributed by atoms with Crippen molar-refractivity contribution in [3.8, 4) is 5.75 Å². The molecule has 1 aromatic rings. The van der Waals surface area contributed by atoms with Crippen LogP contribution in [0.1, 0.15) is 25.3 Å². The van der Waals surface area contributed by atoms with Crippen molar-refractivity contribution in [3.05, 3.63) is 29.8 Å². The molecule has 0 spiro atoms. The van der Waals surface area contributed by atoms with Gasteiger partial charge in [-0.2, -0.15) is 13.2 Å². The minimum Gasteiger partial charge on any atom is -0.491 e. The number of nitrogens with one attached hydrogen (secondary N) is 1. The Hall–Kier alpha value is -1.72. The summed E-state index contributed by atoms with van der Waals surface area (Å²) < 4.78 is 49.1. The summed E-state index contributed by atoms with van der Waals surface area (Å²) in [5.41, 5.74) is -0.796. The van der Waals surface area contributed by atoms with Gasteiger partial charge in [0.1, 0.15) is 12.4 Å². The van der Waals surface area contributed by atoms with Crippen LogP contribution < -0.4 is 10.1 Å². The Kier molecular flexibility index (Phi) is 10.5. The van der Waals surface area contributed by atoms with Gasteiger partial charge >= 0.3 is 12.1 Å². The monoisotopic (exact) mass is 529 g/mol. The first-order valence-corrected chi connectivity index (χ1v) is 9.27. The molecule has 1 fully saturated rings. The van der Waals surface area contributed by atoms with Crippen molar-refractivity contribution in [1.82, 2.24) is 10.2 Å². The third-order valence-electron chi connectivity index (χ3n) is 4.47. The smallest absolute Gasteiger partial charge is 0.419 e. The van der Waals surface area contributed by atoms with Crippen LogP contribution in [0, 0.1) is 5.92 Å². The molecule has 0 unspecified atom stereocenters. The van der Waals surface area contributed by atoms with E-state index < -0.39 is 11.7 Å². The summed E-state index contributed by atoms with van der Waals surface area (Å²) >= 11 is 0. The maximum Gasteiger partial charge on any atom is 0.419 e. The number of piperidine rings is 1. The SMILES string of the molecule is CCNC(=NCCOc1ccccc1C(F)(F)F)N1CCC(C(=O)OC)CC1.I. The van der Waals surface area contributed by atoms with Crippen molar-refractivity contribution in [3.63, 3.8) is 0 Å². The molecular weight excluding hydrogens is 502 g/mol. The second kappa shape index (κ2) is 12.1. The molecule has 0 radical (unpaired) electrons. The molecule has 0 bridgehead atoms. The molecule has 1 heterocycles. The molecule has 0 saturated carbocycles. The molecular formula is C19H27F3IN3O3. The lowest BCUT2D eigenvalue weighted by atomic mass is 9.97. The van der Waals surface area contributed by atoms with Crippen molar-refractivity contribution in [2.24, 2.45) is 10.9 Å². The van der Waals surface area contributed by atoms with Crippen molar-refractivity contribution >= 4 is 35.9 Å². The molecule has 1 N–H and O–H groups in total. The third-order valence-corrected chi connectivity index (χ3v) is 4.47. The summed E-state index contributed by atoms with van der Waals surface area (Å²) in [5, 5.41) is 3.17. The van der Waals surface area contributed by atoms with Gasteiger partial charge in [0, 0.05) is 19.6 Å². The molecule has 1 aliphatic heterocycles. The second-order valence-electron chi connectivity index (χ2n) is 6.36. The number of alkyl halides is 3. The first kappa shape index (κ1) is 25.3. The highest BCUT2D eigenvalue weighted by atomic mass is 127. The lowest BCUT2D eigenvalue weighted by Gasteiger charge is -2.33. The molecule has 0 aromatic heterocycles. The number of carbonyl (C=O) groups is 1. The minimum atomic E-state index is -4.46. The van der Waals surface area contributed by atoms with E-state index in [1.807, 2.05) is 11.8 Å². The van der Waals surface area contributed by atoms with Gasteiger partial charge in [-0.25, -0.2) is 4.99 Å². The highest BCUT2D eigenvalue weighted by molar-refractivity contribution is 14.0. The Labute approximate surface area is 185 Å². The van der Waals surface area contributed by atoms with Gasteiger partial charge in [-0.3, -0.25) is 4.79 Å². The number of rotatable bonds is 6. The highest BCUT2D eigenvalue weighted by Gasteiger charge is 2.34. The van der Waals surface area contributed by atoms with Gasteiger partial charge < -0.3 is 19.7 Å². The van der Waals surface area contributed by atoms with E-state index in [2.05, 4.69) is 10.3 Å². The van der Waals surface area contributed by atoms with Crippen LogP contribution in [0.2, 0.25) is 0 Å². The van der Waals surface area contributed by atoms with Crippen LogP contribution in [-0.4, -0.2) is 56.7 Å². The summed E-state index contributed by atoms with van der Waals surface area (Å²) in [7, 11) is 1.39. The van der Waals surface area contributed by atoms with Crippen LogP contribution in [0.15, 0.2) is 29.3 Å². The van der Waals surface area contributed by atoms with Crippen LogP contribution in [-0.2, 0) is 15.7 Å². The molecule has 164 valence electrons. The number of esters is 1. The van der Waals surface area contributed by atoms with Gasteiger partial charge in [-0.1, -0.05) is 12.1 Å². The van der Waals surface area contributed by atoms with Gasteiger partial charge in [-0.15, -0.1) is 24.0 Å². The van der Waals surface area contributed by atoms with Gasteiger partial charge in [0.15, 0.2) is 5.96 Å². The molecule has 29 heavy (non-hydrogen) atoms. The number of benzene rings is 1. The molecule has 6 nitrogen and oxygen atoms in total. The normalized spacial score (nSPS) is 15.5. The van der Waals surface area contributed by atoms with Gasteiger partial charge in [0.25, 0.3) is 0 Å². The van der Waals surface area contributed by atoms with E-state index in [1.165, 1.54) is 25.3 Å². The number of guanidine groups is 1. The maximum absolute atomic E-state index is 13.0. The quantitative estimate of drug-likeness (QED) is 0.201.